The summed E-state index contributed by atoms with van der Waals surface area (Å²) in [4.78, 5) is 29.8. The molecule has 2 amide bonds. The zero-order chi connectivity index (χ0) is 21.1. The summed E-state index contributed by atoms with van der Waals surface area (Å²) < 4.78 is 0. The van der Waals surface area contributed by atoms with Gasteiger partial charge in [0.1, 0.15) is 11.8 Å². The van der Waals surface area contributed by atoms with Crippen molar-refractivity contribution in [1.82, 2.24) is 4.98 Å². The number of benzene rings is 2. The smallest absolute Gasteiger partial charge is 0.273 e. The fraction of sp³-hybridized carbons (Fsp3) is 0.143. The largest absolute Gasteiger partial charge is 0.368 e. The standard InChI is InChI=1S/C21H18ClN5O2S/c22-14-6-4-5-13(9-14)10-16-12-24-21(30-16)25-20(29)17-11-18(19(23)28)27(26-17)15-7-2-1-3-8-15/h1-9,12,18H,10-11H2,(H2,23,28)(H,24,25,29)/t18-/m1/s1. The van der Waals surface area contributed by atoms with E-state index in [1.165, 1.54) is 16.3 Å². The second kappa shape index (κ2) is 8.64. The molecule has 0 radical (unpaired) electrons. The van der Waals surface area contributed by atoms with Crippen LogP contribution in [0, 0.1) is 0 Å². The Hall–Kier alpha value is -3.23. The highest BCUT2D eigenvalue weighted by Gasteiger charge is 2.35. The highest BCUT2D eigenvalue weighted by Crippen LogP contribution is 2.26. The number of amides is 2. The van der Waals surface area contributed by atoms with Gasteiger partial charge in [-0.2, -0.15) is 5.10 Å². The molecule has 1 aromatic heterocycles. The number of hydrogen-bond donors (Lipinski definition) is 2. The second-order valence-corrected chi connectivity index (χ2v) is 8.29. The van der Waals surface area contributed by atoms with Gasteiger partial charge in [0.15, 0.2) is 5.13 Å². The molecule has 0 bridgehead atoms. The van der Waals surface area contributed by atoms with Crippen LogP contribution in [0.15, 0.2) is 65.9 Å². The van der Waals surface area contributed by atoms with Crippen LogP contribution in [0.5, 0.6) is 0 Å². The number of primary amides is 1. The summed E-state index contributed by atoms with van der Waals surface area (Å²) in [5.41, 5.74) is 7.51. The molecule has 152 valence electrons. The van der Waals surface area contributed by atoms with Crippen LogP contribution in [-0.2, 0) is 16.0 Å². The fourth-order valence-electron chi connectivity index (χ4n) is 3.15. The van der Waals surface area contributed by atoms with Crippen molar-refractivity contribution < 1.29 is 9.59 Å². The maximum Gasteiger partial charge on any atom is 0.273 e. The van der Waals surface area contributed by atoms with E-state index in [0.717, 1.165) is 10.4 Å². The monoisotopic (exact) mass is 439 g/mol. The molecule has 4 rings (SSSR count). The van der Waals surface area contributed by atoms with Crippen LogP contribution in [0.25, 0.3) is 0 Å². The SMILES string of the molecule is NC(=O)[C@H]1CC(C(=O)Nc2ncc(Cc3cccc(Cl)c3)s2)=NN1c1ccccc1. The van der Waals surface area contributed by atoms with E-state index in [4.69, 9.17) is 17.3 Å². The van der Waals surface area contributed by atoms with Gasteiger partial charge in [0.05, 0.1) is 5.69 Å². The molecule has 0 saturated heterocycles. The highest BCUT2D eigenvalue weighted by atomic mass is 35.5. The molecular formula is C21H18ClN5O2S. The molecule has 0 fully saturated rings. The third kappa shape index (κ3) is 4.50. The molecule has 0 aliphatic carbocycles. The molecule has 2 heterocycles. The van der Waals surface area contributed by atoms with Gasteiger partial charge in [-0.1, -0.05) is 41.9 Å². The fourth-order valence-corrected chi connectivity index (χ4v) is 4.21. The van der Waals surface area contributed by atoms with Crippen molar-refractivity contribution in [2.24, 2.45) is 10.8 Å². The molecule has 30 heavy (non-hydrogen) atoms. The molecule has 2 aromatic carbocycles. The van der Waals surface area contributed by atoms with Gasteiger partial charge in [-0.05, 0) is 29.8 Å². The first kappa shape index (κ1) is 20.1. The Balaban J connectivity index is 1.46. The summed E-state index contributed by atoms with van der Waals surface area (Å²) in [6.45, 7) is 0. The number of para-hydroxylation sites is 1. The van der Waals surface area contributed by atoms with Crippen LogP contribution in [-0.4, -0.2) is 28.6 Å². The molecule has 1 aliphatic rings. The maximum absolute atomic E-state index is 12.7. The van der Waals surface area contributed by atoms with Gasteiger partial charge in [-0.15, -0.1) is 11.3 Å². The number of anilines is 2. The molecular weight excluding hydrogens is 422 g/mol. The third-order valence-corrected chi connectivity index (χ3v) is 5.71. The van der Waals surface area contributed by atoms with E-state index in [9.17, 15) is 9.59 Å². The van der Waals surface area contributed by atoms with Crippen molar-refractivity contribution in [3.05, 3.63) is 76.3 Å². The van der Waals surface area contributed by atoms with Crippen LogP contribution < -0.4 is 16.1 Å². The number of nitrogens with zero attached hydrogens (tertiary/aromatic N) is 3. The van der Waals surface area contributed by atoms with E-state index >= 15 is 0 Å². The molecule has 9 heteroatoms. The molecule has 0 saturated carbocycles. The van der Waals surface area contributed by atoms with Crippen LogP contribution >= 0.6 is 22.9 Å². The highest BCUT2D eigenvalue weighted by molar-refractivity contribution is 7.15. The van der Waals surface area contributed by atoms with Crippen molar-refractivity contribution in [3.63, 3.8) is 0 Å². The zero-order valence-corrected chi connectivity index (χ0v) is 17.4. The molecule has 1 atom stereocenters. The Morgan fingerprint density at radius 2 is 2.00 bits per heavy atom. The van der Waals surface area contributed by atoms with Crippen LogP contribution in [0.4, 0.5) is 10.8 Å². The van der Waals surface area contributed by atoms with Crippen molar-refractivity contribution in [1.29, 1.82) is 0 Å². The summed E-state index contributed by atoms with van der Waals surface area (Å²) in [6.07, 6.45) is 2.53. The number of thiazole rings is 1. The van der Waals surface area contributed by atoms with Gasteiger partial charge < -0.3 is 5.73 Å². The van der Waals surface area contributed by atoms with Gasteiger partial charge in [-0.25, -0.2) is 4.98 Å². The van der Waals surface area contributed by atoms with E-state index in [1.807, 2.05) is 54.6 Å². The van der Waals surface area contributed by atoms with Gasteiger partial charge >= 0.3 is 0 Å². The first-order valence-electron chi connectivity index (χ1n) is 9.21. The lowest BCUT2D eigenvalue weighted by Crippen LogP contribution is -2.39. The number of hydrogen-bond acceptors (Lipinski definition) is 6. The van der Waals surface area contributed by atoms with E-state index < -0.39 is 17.9 Å². The Morgan fingerprint density at radius 3 is 2.73 bits per heavy atom. The minimum Gasteiger partial charge on any atom is -0.368 e. The third-order valence-electron chi connectivity index (χ3n) is 4.56. The molecule has 7 nitrogen and oxygen atoms in total. The lowest BCUT2D eigenvalue weighted by molar-refractivity contribution is -0.119. The molecule has 3 N–H and O–H groups in total. The number of hydrazone groups is 1. The molecule has 0 spiro atoms. The number of halogens is 1. The average Bonchev–Trinajstić information content (AvgIpc) is 3.36. The summed E-state index contributed by atoms with van der Waals surface area (Å²) in [5, 5.41) is 9.74. The number of nitrogens with one attached hydrogen (secondary N) is 1. The lowest BCUT2D eigenvalue weighted by atomic mass is 10.1. The van der Waals surface area contributed by atoms with Gasteiger partial charge in [0.25, 0.3) is 5.91 Å². The first-order chi connectivity index (χ1) is 14.5. The predicted molar refractivity (Wildman–Crippen MR) is 119 cm³/mol. The molecule has 3 aromatic rings. The van der Waals surface area contributed by atoms with Gasteiger partial charge in [-0.3, -0.25) is 19.9 Å². The Labute approximate surface area is 182 Å². The summed E-state index contributed by atoms with van der Waals surface area (Å²) >= 11 is 7.41. The molecule has 0 unspecified atom stereocenters. The number of nitrogens with two attached hydrogens (primary N) is 1. The van der Waals surface area contributed by atoms with E-state index in [-0.39, 0.29) is 12.1 Å². The normalized spacial score (nSPS) is 15.7. The van der Waals surface area contributed by atoms with Crippen LogP contribution in [0.3, 0.4) is 0 Å². The number of rotatable bonds is 6. The van der Waals surface area contributed by atoms with Crippen LogP contribution in [0.2, 0.25) is 5.02 Å². The first-order valence-corrected chi connectivity index (χ1v) is 10.4. The minimum atomic E-state index is -0.706. The van der Waals surface area contributed by atoms with Crippen molar-refractivity contribution in [2.45, 2.75) is 18.9 Å². The van der Waals surface area contributed by atoms with E-state index in [2.05, 4.69) is 15.4 Å². The Morgan fingerprint density at radius 1 is 1.20 bits per heavy atom. The predicted octanol–water partition coefficient (Wildman–Crippen LogP) is 3.45. The van der Waals surface area contributed by atoms with Crippen molar-refractivity contribution in [2.75, 3.05) is 10.3 Å². The number of carbonyl (C=O) groups is 2. The van der Waals surface area contributed by atoms with Crippen molar-refractivity contribution >= 4 is 51.3 Å². The summed E-state index contributed by atoms with van der Waals surface area (Å²) in [7, 11) is 0. The van der Waals surface area contributed by atoms with Crippen LogP contribution in [0.1, 0.15) is 16.9 Å². The minimum absolute atomic E-state index is 0.136. The number of aromatic nitrogens is 1. The lowest BCUT2D eigenvalue weighted by Gasteiger charge is -2.20. The van der Waals surface area contributed by atoms with Crippen molar-refractivity contribution in [3.8, 4) is 0 Å². The number of carbonyl (C=O) groups excluding carboxylic acids is 2. The Bertz CT molecular complexity index is 1120. The zero-order valence-electron chi connectivity index (χ0n) is 15.8. The summed E-state index contributed by atoms with van der Waals surface area (Å²) in [5.74, 6) is -0.938. The average molecular weight is 440 g/mol. The van der Waals surface area contributed by atoms with E-state index in [0.29, 0.717) is 22.3 Å². The topological polar surface area (TPSA) is 101 Å². The Kier molecular flexibility index (Phi) is 5.78. The van der Waals surface area contributed by atoms with E-state index in [1.54, 1.807) is 6.20 Å². The second-order valence-electron chi connectivity index (χ2n) is 6.74. The molecule has 1 aliphatic heterocycles. The van der Waals surface area contributed by atoms with Gasteiger partial charge in [0.2, 0.25) is 5.91 Å². The maximum atomic E-state index is 12.7. The van der Waals surface area contributed by atoms with Gasteiger partial charge in [0, 0.05) is 28.9 Å². The quantitative estimate of drug-likeness (QED) is 0.614. The summed E-state index contributed by atoms with van der Waals surface area (Å²) in [6, 6.07) is 16.0.